The number of primary amides is 2. The highest BCUT2D eigenvalue weighted by atomic mass is 16.1. The number of aryl methyl sites for hydroxylation is 1. The molecule has 2 saturated heterocycles. The fourth-order valence-electron chi connectivity index (χ4n) is 3.69. The molecule has 2 amide bonds. The Labute approximate surface area is 147 Å². The average Bonchev–Trinajstić information content (AvgIpc) is 2.62. The van der Waals surface area contributed by atoms with Gasteiger partial charge >= 0.3 is 0 Å². The highest BCUT2D eigenvalue weighted by molar-refractivity contribution is 5.78. The molecule has 8 heteroatoms. The summed E-state index contributed by atoms with van der Waals surface area (Å²) >= 11 is 0. The maximum absolute atomic E-state index is 11.5. The van der Waals surface area contributed by atoms with E-state index < -0.39 is 0 Å². The van der Waals surface area contributed by atoms with E-state index >= 15 is 0 Å². The zero-order valence-corrected chi connectivity index (χ0v) is 14.6. The van der Waals surface area contributed by atoms with E-state index in [1.807, 2.05) is 11.8 Å². The average molecular weight is 346 g/mol. The number of hydrogen-bond donors (Lipinski definition) is 2. The Morgan fingerprint density at radius 3 is 2.20 bits per heavy atom. The molecule has 2 aliphatic heterocycles. The summed E-state index contributed by atoms with van der Waals surface area (Å²) in [5, 5.41) is 0. The molecule has 8 nitrogen and oxygen atoms in total. The van der Waals surface area contributed by atoms with E-state index in [2.05, 4.69) is 9.88 Å². The first-order valence-corrected chi connectivity index (χ1v) is 8.88. The quantitative estimate of drug-likeness (QED) is 0.803. The van der Waals surface area contributed by atoms with Crippen LogP contribution in [0.2, 0.25) is 0 Å². The van der Waals surface area contributed by atoms with Gasteiger partial charge < -0.3 is 21.3 Å². The zero-order valence-electron chi connectivity index (χ0n) is 14.6. The summed E-state index contributed by atoms with van der Waals surface area (Å²) in [7, 11) is 0. The van der Waals surface area contributed by atoms with Crippen LogP contribution in [0.1, 0.15) is 31.2 Å². The van der Waals surface area contributed by atoms with Gasteiger partial charge in [0, 0.05) is 37.9 Å². The van der Waals surface area contributed by atoms with Gasteiger partial charge in [0.25, 0.3) is 0 Å². The maximum atomic E-state index is 11.5. The van der Waals surface area contributed by atoms with Gasteiger partial charge in [-0.15, -0.1) is 0 Å². The molecule has 3 heterocycles. The van der Waals surface area contributed by atoms with Crippen LogP contribution >= 0.6 is 0 Å². The number of carbonyl (C=O) groups is 2. The van der Waals surface area contributed by atoms with Crippen LogP contribution in [0.5, 0.6) is 0 Å². The normalized spacial score (nSPS) is 24.2. The zero-order chi connectivity index (χ0) is 18.0. The maximum Gasteiger partial charge on any atom is 0.227 e. The summed E-state index contributed by atoms with van der Waals surface area (Å²) in [6.45, 7) is 4.79. The molecule has 0 aromatic carbocycles. The van der Waals surface area contributed by atoms with Crippen molar-refractivity contribution in [2.24, 2.45) is 23.3 Å². The second kappa shape index (κ2) is 7.25. The number of anilines is 2. The summed E-state index contributed by atoms with van der Waals surface area (Å²) in [6.07, 6.45) is 5.26. The van der Waals surface area contributed by atoms with Gasteiger partial charge in [0.15, 0.2) is 0 Å². The van der Waals surface area contributed by atoms with Gasteiger partial charge in [-0.1, -0.05) is 0 Å². The third-order valence-corrected chi connectivity index (χ3v) is 5.16. The van der Waals surface area contributed by atoms with Crippen LogP contribution in [0.4, 0.5) is 11.8 Å². The lowest BCUT2D eigenvalue weighted by Gasteiger charge is -2.35. The molecule has 4 N–H and O–H groups in total. The van der Waals surface area contributed by atoms with Crippen molar-refractivity contribution >= 4 is 23.6 Å². The number of piperidine rings is 2. The van der Waals surface area contributed by atoms with Gasteiger partial charge in [0.1, 0.15) is 5.82 Å². The number of nitrogens with two attached hydrogens (primary N) is 2. The summed E-state index contributed by atoms with van der Waals surface area (Å²) in [4.78, 5) is 36.4. The van der Waals surface area contributed by atoms with Crippen molar-refractivity contribution in [1.82, 2.24) is 9.97 Å². The van der Waals surface area contributed by atoms with E-state index in [1.165, 1.54) is 0 Å². The topological polar surface area (TPSA) is 118 Å². The van der Waals surface area contributed by atoms with Crippen molar-refractivity contribution in [2.45, 2.75) is 32.6 Å². The molecule has 0 bridgehead atoms. The first-order valence-electron chi connectivity index (χ1n) is 8.88. The first-order chi connectivity index (χ1) is 12.0. The Morgan fingerprint density at radius 1 is 1.04 bits per heavy atom. The minimum absolute atomic E-state index is 0.138. The predicted molar refractivity (Wildman–Crippen MR) is 95.0 cm³/mol. The molecule has 0 radical (unpaired) electrons. The lowest BCUT2D eigenvalue weighted by molar-refractivity contribution is -0.122. The highest BCUT2D eigenvalue weighted by Gasteiger charge is 2.28. The van der Waals surface area contributed by atoms with E-state index in [0.29, 0.717) is 19.0 Å². The molecule has 25 heavy (non-hydrogen) atoms. The Kier molecular flexibility index (Phi) is 5.06. The number of nitrogens with zero attached hydrogens (tertiary/aromatic N) is 4. The lowest BCUT2D eigenvalue weighted by atomic mass is 9.97. The molecule has 1 aromatic rings. The third-order valence-electron chi connectivity index (χ3n) is 5.16. The smallest absolute Gasteiger partial charge is 0.227 e. The van der Waals surface area contributed by atoms with Crippen LogP contribution in [0, 0.1) is 18.8 Å². The predicted octanol–water partition coefficient (Wildman–Crippen LogP) is 0.188. The summed E-state index contributed by atoms with van der Waals surface area (Å²) in [5.41, 5.74) is 11.9. The van der Waals surface area contributed by atoms with Crippen LogP contribution in [0.25, 0.3) is 0 Å². The van der Waals surface area contributed by atoms with Gasteiger partial charge in [-0.25, -0.2) is 4.98 Å². The molecule has 3 rings (SSSR count). The minimum Gasteiger partial charge on any atom is -0.369 e. The van der Waals surface area contributed by atoms with Crippen LogP contribution in [0.15, 0.2) is 6.20 Å². The fraction of sp³-hybridized carbons (Fsp3) is 0.647. The van der Waals surface area contributed by atoms with Crippen molar-refractivity contribution in [3.8, 4) is 0 Å². The number of amides is 2. The fourth-order valence-corrected chi connectivity index (χ4v) is 3.69. The highest BCUT2D eigenvalue weighted by Crippen LogP contribution is 2.27. The molecule has 1 aromatic heterocycles. The first kappa shape index (κ1) is 17.4. The van der Waals surface area contributed by atoms with Crippen LogP contribution in [-0.4, -0.2) is 48.0 Å². The molecule has 0 saturated carbocycles. The van der Waals surface area contributed by atoms with Crippen molar-refractivity contribution < 1.29 is 9.59 Å². The molecule has 2 fully saturated rings. The summed E-state index contributed by atoms with van der Waals surface area (Å²) in [5.74, 6) is 0.649. The van der Waals surface area contributed by atoms with E-state index in [-0.39, 0.29) is 23.7 Å². The molecule has 136 valence electrons. The van der Waals surface area contributed by atoms with Gasteiger partial charge in [-0.2, -0.15) is 4.98 Å². The SMILES string of the molecule is Cc1cnc(N2CCCC(C(N)=O)C2)nc1N1CCCC(C(N)=O)C1. The van der Waals surface area contributed by atoms with Crippen molar-refractivity contribution in [2.75, 3.05) is 36.0 Å². The monoisotopic (exact) mass is 346 g/mol. The van der Waals surface area contributed by atoms with Gasteiger partial charge in [-0.3, -0.25) is 9.59 Å². The molecule has 0 spiro atoms. The molecule has 2 atom stereocenters. The largest absolute Gasteiger partial charge is 0.369 e. The molecular formula is C17H26N6O2. The molecular weight excluding hydrogens is 320 g/mol. The van der Waals surface area contributed by atoms with Gasteiger partial charge in [0.2, 0.25) is 17.8 Å². The molecule has 2 aliphatic rings. The van der Waals surface area contributed by atoms with Crippen LogP contribution in [0.3, 0.4) is 0 Å². The number of aromatic nitrogens is 2. The van der Waals surface area contributed by atoms with Crippen LogP contribution < -0.4 is 21.3 Å². The Morgan fingerprint density at radius 2 is 1.60 bits per heavy atom. The molecule has 0 aliphatic carbocycles. The Hall–Kier alpha value is -2.38. The second-order valence-corrected chi connectivity index (χ2v) is 7.05. The second-order valence-electron chi connectivity index (χ2n) is 7.05. The molecule has 2 unspecified atom stereocenters. The number of rotatable bonds is 4. The van der Waals surface area contributed by atoms with Crippen LogP contribution in [-0.2, 0) is 9.59 Å². The number of hydrogen-bond acceptors (Lipinski definition) is 6. The van der Waals surface area contributed by atoms with Gasteiger partial charge in [-0.05, 0) is 32.6 Å². The van der Waals surface area contributed by atoms with Gasteiger partial charge in [0.05, 0.1) is 11.8 Å². The van der Waals surface area contributed by atoms with E-state index in [0.717, 1.165) is 50.2 Å². The summed E-state index contributed by atoms with van der Waals surface area (Å²) in [6, 6.07) is 0. The third kappa shape index (κ3) is 3.83. The Bertz CT molecular complexity index is 665. The Balaban J connectivity index is 1.80. The van der Waals surface area contributed by atoms with Crippen molar-refractivity contribution in [3.63, 3.8) is 0 Å². The summed E-state index contributed by atoms with van der Waals surface area (Å²) < 4.78 is 0. The lowest BCUT2D eigenvalue weighted by Crippen LogP contribution is -2.43. The minimum atomic E-state index is -0.266. The van der Waals surface area contributed by atoms with E-state index in [9.17, 15) is 9.59 Å². The van der Waals surface area contributed by atoms with Crippen molar-refractivity contribution in [3.05, 3.63) is 11.8 Å². The van der Waals surface area contributed by atoms with Crippen molar-refractivity contribution in [1.29, 1.82) is 0 Å². The van der Waals surface area contributed by atoms with E-state index in [4.69, 9.17) is 16.5 Å². The standard InChI is InChI=1S/C17H26N6O2/c1-11-8-20-17(23-7-3-5-13(10-23)15(19)25)21-16(11)22-6-2-4-12(9-22)14(18)24/h8,12-13H,2-7,9-10H2,1H3,(H2,18,24)(H2,19,25). The van der Waals surface area contributed by atoms with E-state index in [1.54, 1.807) is 6.20 Å². The number of carbonyl (C=O) groups excluding carboxylic acids is 2.